The van der Waals surface area contributed by atoms with E-state index in [2.05, 4.69) is 4.98 Å². The molecule has 0 aliphatic carbocycles. The van der Waals surface area contributed by atoms with E-state index >= 15 is 0 Å². The van der Waals surface area contributed by atoms with Gasteiger partial charge in [-0.05, 0) is 55.5 Å². The lowest BCUT2D eigenvalue weighted by Crippen LogP contribution is -2.45. The van der Waals surface area contributed by atoms with Crippen LogP contribution in [0.25, 0.3) is 0 Å². The number of anilines is 4. The molecular formula is C20H17ClN4O. The quantitative estimate of drug-likeness (QED) is 0.703. The van der Waals surface area contributed by atoms with Crippen LogP contribution in [0.3, 0.4) is 0 Å². The van der Waals surface area contributed by atoms with E-state index in [-0.39, 0.29) is 6.03 Å². The van der Waals surface area contributed by atoms with Gasteiger partial charge in [0.15, 0.2) is 0 Å². The van der Waals surface area contributed by atoms with Gasteiger partial charge in [-0.3, -0.25) is 9.80 Å². The molecule has 2 aromatic carbocycles. The van der Waals surface area contributed by atoms with Gasteiger partial charge in [0.05, 0.1) is 23.6 Å². The fourth-order valence-corrected chi connectivity index (χ4v) is 3.16. The van der Waals surface area contributed by atoms with E-state index in [4.69, 9.17) is 17.3 Å². The van der Waals surface area contributed by atoms with Gasteiger partial charge in [0.25, 0.3) is 0 Å². The Hall–Kier alpha value is -3.05. The van der Waals surface area contributed by atoms with E-state index in [0.717, 1.165) is 28.3 Å². The number of pyridine rings is 1. The number of rotatable bonds is 2. The summed E-state index contributed by atoms with van der Waals surface area (Å²) in [7, 11) is 0. The summed E-state index contributed by atoms with van der Waals surface area (Å²) in [4.78, 5) is 21.1. The second-order valence-electron chi connectivity index (χ2n) is 6.22. The highest BCUT2D eigenvalue weighted by Crippen LogP contribution is 2.36. The lowest BCUT2D eigenvalue weighted by molar-refractivity contribution is 0.252. The van der Waals surface area contributed by atoms with Crippen molar-refractivity contribution >= 4 is 40.5 Å². The van der Waals surface area contributed by atoms with Crippen LogP contribution in [0, 0.1) is 6.92 Å². The number of carbonyl (C=O) groups excluding carboxylic acids is 1. The number of aromatic nitrogens is 1. The summed E-state index contributed by atoms with van der Waals surface area (Å²) in [6, 6.07) is 18.4. The minimum Gasteiger partial charge on any atom is -0.384 e. The molecule has 0 radical (unpaired) electrons. The number of aryl methyl sites for hydroxylation is 1. The molecule has 0 unspecified atom stereocenters. The van der Waals surface area contributed by atoms with Gasteiger partial charge >= 0.3 is 6.03 Å². The van der Waals surface area contributed by atoms with E-state index in [1.165, 1.54) is 0 Å². The van der Waals surface area contributed by atoms with Crippen molar-refractivity contribution in [1.82, 2.24) is 4.98 Å². The van der Waals surface area contributed by atoms with Crippen molar-refractivity contribution in [2.75, 3.05) is 15.5 Å². The number of nitrogen functional groups attached to an aromatic ring is 1. The molecule has 130 valence electrons. The lowest BCUT2D eigenvalue weighted by atomic mass is 10.1. The zero-order chi connectivity index (χ0) is 18.3. The normalized spacial score (nSPS) is 13.7. The van der Waals surface area contributed by atoms with Gasteiger partial charge < -0.3 is 5.73 Å². The van der Waals surface area contributed by atoms with Crippen molar-refractivity contribution in [3.63, 3.8) is 0 Å². The number of nitrogens with zero attached hydrogens (tertiary/aromatic N) is 3. The molecule has 26 heavy (non-hydrogen) atoms. The highest BCUT2D eigenvalue weighted by atomic mass is 35.5. The molecule has 4 rings (SSSR count). The molecule has 0 saturated carbocycles. The standard InChI is InChI=1S/C20H17ClN4O/c1-13-2-6-15(7-3-13)24-12-17-18(10-11-19(22)23-17)25(20(24)26)16-8-4-14(21)5-9-16/h2-11H,12H2,1H3,(H2,22,23). The molecule has 0 saturated heterocycles. The minimum atomic E-state index is -0.143. The molecule has 0 atom stereocenters. The molecule has 0 fully saturated rings. The van der Waals surface area contributed by atoms with Crippen LogP contribution in [0.15, 0.2) is 60.7 Å². The molecule has 2 heterocycles. The summed E-state index contributed by atoms with van der Waals surface area (Å²) in [5, 5.41) is 0.615. The smallest absolute Gasteiger partial charge is 0.334 e. The Morgan fingerprint density at radius 2 is 1.62 bits per heavy atom. The number of halogens is 1. The van der Waals surface area contributed by atoms with Crippen LogP contribution in [0.5, 0.6) is 0 Å². The Morgan fingerprint density at radius 3 is 2.31 bits per heavy atom. The number of hydrogen-bond acceptors (Lipinski definition) is 3. The minimum absolute atomic E-state index is 0.143. The number of carbonyl (C=O) groups is 1. The molecular weight excluding hydrogens is 348 g/mol. The van der Waals surface area contributed by atoms with Crippen molar-refractivity contribution < 1.29 is 4.79 Å². The first-order chi connectivity index (χ1) is 12.5. The molecule has 6 heteroatoms. The largest absolute Gasteiger partial charge is 0.384 e. The maximum Gasteiger partial charge on any atom is 0.334 e. The lowest BCUT2D eigenvalue weighted by Gasteiger charge is -2.36. The predicted octanol–water partition coefficient (Wildman–Crippen LogP) is 4.90. The molecule has 1 aromatic heterocycles. The maximum absolute atomic E-state index is 13.3. The molecule has 5 nitrogen and oxygen atoms in total. The van der Waals surface area contributed by atoms with Crippen molar-refractivity contribution in [3.8, 4) is 0 Å². The van der Waals surface area contributed by atoms with E-state index in [9.17, 15) is 4.79 Å². The fourth-order valence-electron chi connectivity index (χ4n) is 3.04. The van der Waals surface area contributed by atoms with Crippen molar-refractivity contribution in [2.45, 2.75) is 13.5 Å². The van der Waals surface area contributed by atoms with Gasteiger partial charge in [0.1, 0.15) is 5.82 Å². The second kappa shape index (κ2) is 6.35. The summed E-state index contributed by atoms with van der Waals surface area (Å²) in [5.41, 5.74) is 10.0. The van der Waals surface area contributed by atoms with Crippen LogP contribution in [0.4, 0.5) is 27.7 Å². The Labute approximate surface area is 156 Å². The number of nitrogens with two attached hydrogens (primary N) is 1. The summed E-state index contributed by atoms with van der Waals surface area (Å²) < 4.78 is 0. The average molecular weight is 365 g/mol. The van der Waals surface area contributed by atoms with E-state index in [0.29, 0.717) is 17.4 Å². The van der Waals surface area contributed by atoms with Crippen LogP contribution >= 0.6 is 11.6 Å². The number of amides is 2. The fraction of sp³-hybridized carbons (Fsp3) is 0.100. The van der Waals surface area contributed by atoms with Gasteiger partial charge in [-0.2, -0.15) is 0 Å². The summed E-state index contributed by atoms with van der Waals surface area (Å²) >= 11 is 6.00. The van der Waals surface area contributed by atoms with Gasteiger partial charge in [0, 0.05) is 10.7 Å². The topological polar surface area (TPSA) is 62.5 Å². The zero-order valence-electron chi connectivity index (χ0n) is 14.2. The van der Waals surface area contributed by atoms with E-state index < -0.39 is 0 Å². The van der Waals surface area contributed by atoms with Gasteiger partial charge in [-0.25, -0.2) is 9.78 Å². The van der Waals surface area contributed by atoms with Crippen LogP contribution in [0.2, 0.25) is 5.02 Å². The molecule has 1 aliphatic rings. The summed E-state index contributed by atoms with van der Waals surface area (Å²) in [5.74, 6) is 0.429. The molecule has 3 aromatic rings. The highest BCUT2D eigenvalue weighted by molar-refractivity contribution is 6.30. The maximum atomic E-state index is 13.3. The van der Waals surface area contributed by atoms with Crippen molar-refractivity contribution in [2.24, 2.45) is 0 Å². The number of urea groups is 1. The number of fused-ring (bicyclic) bond motifs is 1. The third-order valence-electron chi connectivity index (χ3n) is 4.37. The first-order valence-electron chi connectivity index (χ1n) is 8.22. The number of hydrogen-bond donors (Lipinski definition) is 1. The Balaban J connectivity index is 1.84. The third kappa shape index (κ3) is 2.86. The molecule has 0 bridgehead atoms. The van der Waals surface area contributed by atoms with Gasteiger partial charge in [0.2, 0.25) is 0 Å². The van der Waals surface area contributed by atoms with Crippen LogP contribution < -0.4 is 15.5 Å². The average Bonchev–Trinajstić information content (AvgIpc) is 2.63. The van der Waals surface area contributed by atoms with E-state index in [1.807, 2.05) is 49.4 Å². The second-order valence-corrected chi connectivity index (χ2v) is 6.65. The summed E-state index contributed by atoms with van der Waals surface area (Å²) in [6.07, 6.45) is 0. The van der Waals surface area contributed by atoms with Crippen LogP contribution in [0.1, 0.15) is 11.3 Å². The van der Waals surface area contributed by atoms with Gasteiger partial charge in [-0.15, -0.1) is 0 Å². The molecule has 0 spiro atoms. The zero-order valence-corrected chi connectivity index (χ0v) is 14.9. The first-order valence-corrected chi connectivity index (χ1v) is 8.60. The third-order valence-corrected chi connectivity index (χ3v) is 4.63. The van der Waals surface area contributed by atoms with Crippen molar-refractivity contribution in [3.05, 3.63) is 76.9 Å². The molecule has 2 amide bonds. The Kier molecular flexibility index (Phi) is 4.01. The highest BCUT2D eigenvalue weighted by Gasteiger charge is 2.33. The SMILES string of the molecule is Cc1ccc(N2Cc3nc(N)ccc3N(c3ccc(Cl)cc3)C2=O)cc1. The first kappa shape index (κ1) is 16.4. The van der Waals surface area contributed by atoms with Crippen molar-refractivity contribution in [1.29, 1.82) is 0 Å². The molecule has 1 aliphatic heterocycles. The van der Waals surface area contributed by atoms with Gasteiger partial charge in [-0.1, -0.05) is 29.3 Å². The number of benzene rings is 2. The Bertz CT molecular complexity index is 970. The monoisotopic (exact) mass is 364 g/mol. The molecule has 2 N–H and O–H groups in total. The Morgan fingerprint density at radius 1 is 0.962 bits per heavy atom. The summed E-state index contributed by atoms with van der Waals surface area (Å²) in [6.45, 7) is 2.38. The van der Waals surface area contributed by atoms with E-state index in [1.54, 1.807) is 28.0 Å². The van der Waals surface area contributed by atoms with Crippen LogP contribution in [-0.4, -0.2) is 11.0 Å². The predicted molar refractivity (Wildman–Crippen MR) is 105 cm³/mol. The van der Waals surface area contributed by atoms with Crippen LogP contribution in [-0.2, 0) is 6.54 Å².